The molecular weight excluding hydrogens is 462 g/mol. The summed E-state index contributed by atoms with van der Waals surface area (Å²) in [4.78, 5) is 47.0. The van der Waals surface area contributed by atoms with Crippen LogP contribution in [0.1, 0.15) is 45.3 Å². The highest BCUT2D eigenvalue weighted by atomic mass is 16.5. The van der Waals surface area contributed by atoms with E-state index in [1.165, 1.54) is 14.2 Å². The van der Waals surface area contributed by atoms with Crippen LogP contribution >= 0.6 is 0 Å². The Bertz CT molecular complexity index is 1310. The summed E-state index contributed by atoms with van der Waals surface area (Å²) in [6.07, 6.45) is 5.52. The molecule has 1 N–H and O–H groups in total. The highest BCUT2D eigenvalue weighted by Crippen LogP contribution is 2.49. The molecule has 2 aliphatic heterocycles. The van der Waals surface area contributed by atoms with Gasteiger partial charge in [-0.1, -0.05) is 18.2 Å². The van der Waals surface area contributed by atoms with Crippen molar-refractivity contribution in [3.05, 3.63) is 71.8 Å². The zero-order valence-corrected chi connectivity index (χ0v) is 20.1. The Labute approximate surface area is 208 Å². The van der Waals surface area contributed by atoms with Gasteiger partial charge in [-0.3, -0.25) is 19.3 Å². The number of rotatable bonds is 9. The fourth-order valence-corrected chi connectivity index (χ4v) is 4.87. The first-order valence-electron chi connectivity index (χ1n) is 11.8. The minimum absolute atomic E-state index is 0.111. The molecule has 2 aliphatic rings. The summed E-state index contributed by atoms with van der Waals surface area (Å²) >= 11 is 0. The number of methoxy groups -OCH3 is 2. The Morgan fingerprint density at radius 1 is 1.06 bits per heavy atom. The Morgan fingerprint density at radius 3 is 2.64 bits per heavy atom. The molecule has 2 aromatic carbocycles. The summed E-state index contributed by atoms with van der Waals surface area (Å²) in [6, 6.07) is 10.5. The predicted molar refractivity (Wildman–Crippen MR) is 131 cm³/mol. The van der Waals surface area contributed by atoms with Crippen molar-refractivity contribution in [2.75, 3.05) is 32.2 Å². The molecule has 0 fully saturated rings. The molecule has 10 nitrogen and oxygen atoms in total. The van der Waals surface area contributed by atoms with Gasteiger partial charge in [0.15, 0.2) is 11.5 Å². The molecule has 10 heteroatoms. The Hall–Kier alpha value is -4.34. The van der Waals surface area contributed by atoms with E-state index >= 15 is 0 Å². The zero-order chi connectivity index (χ0) is 25.2. The SMILES string of the molecule is COc1ccc2c(c1OC)C(=O)N1c3ccccc3C(=O)N(CCC(=O)NCCCn3ccnc3)[C@@H]21. The van der Waals surface area contributed by atoms with E-state index in [2.05, 4.69) is 10.3 Å². The molecule has 0 saturated heterocycles. The van der Waals surface area contributed by atoms with Crippen LogP contribution in [0.2, 0.25) is 0 Å². The number of nitrogens with one attached hydrogen (secondary N) is 1. The number of hydrogen-bond acceptors (Lipinski definition) is 6. The summed E-state index contributed by atoms with van der Waals surface area (Å²) in [5, 5.41) is 2.91. The number of hydrogen-bond donors (Lipinski definition) is 1. The van der Waals surface area contributed by atoms with Crippen LogP contribution in [0.4, 0.5) is 5.69 Å². The number of fused-ring (bicyclic) bond motifs is 5. The monoisotopic (exact) mass is 489 g/mol. The highest BCUT2D eigenvalue weighted by molar-refractivity contribution is 6.18. The maximum absolute atomic E-state index is 13.7. The van der Waals surface area contributed by atoms with Crippen molar-refractivity contribution in [3.63, 3.8) is 0 Å². The number of benzene rings is 2. The van der Waals surface area contributed by atoms with Gasteiger partial charge in [-0.2, -0.15) is 0 Å². The Kier molecular flexibility index (Phi) is 6.32. The molecule has 186 valence electrons. The molecule has 1 aromatic heterocycles. The van der Waals surface area contributed by atoms with Crippen molar-refractivity contribution in [2.24, 2.45) is 0 Å². The van der Waals surface area contributed by atoms with Crippen LogP contribution in [0.5, 0.6) is 11.5 Å². The van der Waals surface area contributed by atoms with Crippen LogP contribution in [0, 0.1) is 0 Å². The van der Waals surface area contributed by atoms with Gasteiger partial charge in [-0.15, -0.1) is 0 Å². The number of imidazole rings is 1. The molecule has 5 rings (SSSR count). The minimum atomic E-state index is -0.677. The molecule has 1 atom stereocenters. The lowest BCUT2D eigenvalue weighted by atomic mass is 10.0. The van der Waals surface area contributed by atoms with Gasteiger partial charge in [0.1, 0.15) is 6.17 Å². The number of aromatic nitrogens is 2. The Morgan fingerprint density at radius 2 is 1.89 bits per heavy atom. The lowest BCUT2D eigenvalue weighted by Gasteiger charge is -2.40. The minimum Gasteiger partial charge on any atom is -0.493 e. The first kappa shape index (κ1) is 23.4. The maximum atomic E-state index is 13.7. The molecule has 0 unspecified atom stereocenters. The normalized spacial score (nSPS) is 15.9. The largest absolute Gasteiger partial charge is 0.493 e. The number of nitrogens with zero attached hydrogens (tertiary/aromatic N) is 4. The molecule has 0 saturated carbocycles. The third kappa shape index (κ3) is 3.94. The summed E-state index contributed by atoms with van der Waals surface area (Å²) in [6.45, 7) is 1.42. The van der Waals surface area contributed by atoms with Crippen LogP contribution in [-0.2, 0) is 11.3 Å². The molecule has 0 bridgehead atoms. The van der Waals surface area contributed by atoms with E-state index in [1.807, 2.05) is 10.8 Å². The molecule has 36 heavy (non-hydrogen) atoms. The van der Waals surface area contributed by atoms with Crippen LogP contribution in [-0.4, -0.2) is 59.5 Å². The van der Waals surface area contributed by atoms with Crippen LogP contribution in [0.15, 0.2) is 55.1 Å². The lowest BCUT2D eigenvalue weighted by Crippen LogP contribution is -2.49. The number of carbonyl (C=O) groups is 3. The van der Waals surface area contributed by atoms with E-state index in [0.717, 1.165) is 13.0 Å². The number of anilines is 1. The summed E-state index contributed by atoms with van der Waals surface area (Å²) in [5.74, 6) is 0.103. The van der Waals surface area contributed by atoms with Crippen molar-refractivity contribution in [1.82, 2.24) is 19.8 Å². The number of carbonyl (C=O) groups excluding carboxylic acids is 3. The smallest absolute Gasteiger partial charge is 0.264 e. The van der Waals surface area contributed by atoms with Gasteiger partial charge in [0.2, 0.25) is 5.91 Å². The molecule has 0 aliphatic carbocycles. The fraction of sp³-hybridized carbons (Fsp3) is 0.308. The van der Waals surface area contributed by atoms with Gasteiger partial charge in [0, 0.05) is 44.0 Å². The second kappa shape index (κ2) is 9.73. The van der Waals surface area contributed by atoms with Crippen molar-refractivity contribution in [3.8, 4) is 11.5 Å². The van der Waals surface area contributed by atoms with E-state index in [-0.39, 0.29) is 30.7 Å². The number of amides is 3. The fourth-order valence-electron chi connectivity index (χ4n) is 4.87. The van der Waals surface area contributed by atoms with E-state index in [0.29, 0.717) is 40.4 Å². The van der Waals surface area contributed by atoms with Crippen molar-refractivity contribution >= 4 is 23.4 Å². The van der Waals surface area contributed by atoms with Gasteiger partial charge >= 0.3 is 0 Å². The third-order valence-corrected chi connectivity index (χ3v) is 6.54. The molecule has 3 heterocycles. The summed E-state index contributed by atoms with van der Waals surface area (Å²) in [5.41, 5.74) is 1.96. The first-order chi connectivity index (χ1) is 17.5. The molecule has 3 amide bonds. The summed E-state index contributed by atoms with van der Waals surface area (Å²) in [7, 11) is 2.99. The van der Waals surface area contributed by atoms with Crippen molar-refractivity contribution < 1.29 is 23.9 Å². The van der Waals surface area contributed by atoms with Gasteiger partial charge in [0.25, 0.3) is 11.8 Å². The molecule has 0 radical (unpaired) electrons. The van der Waals surface area contributed by atoms with Crippen molar-refractivity contribution in [2.45, 2.75) is 25.6 Å². The summed E-state index contributed by atoms with van der Waals surface area (Å²) < 4.78 is 12.9. The van der Waals surface area contributed by atoms with Crippen LogP contribution < -0.4 is 19.7 Å². The van der Waals surface area contributed by atoms with E-state index in [9.17, 15) is 14.4 Å². The van der Waals surface area contributed by atoms with Crippen LogP contribution in [0.25, 0.3) is 0 Å². The third-order valence-electron chi connectivity index (χ3n) is 6.54. The molecule has 3 aromatic rings. The topological polar surface area (TPSA) is 106 Å². The maximum Gasteiger partial charge on any atom is 0.264 e. The predicted octanol–water partition coefficient (Wildman–Crippen LogP) is 2.61. The van der Waals surface area contributed by atoms with E-state index in [1.54, 1.807) is 58.7 Å². The number of aryl methyl sites for hydroxylation is 1. The van der Waals surface area contributed by atoms with Gasteiger partial charge < -0.3 is 24.3 Å². The second-order valence-electron chi connectivity index (χ2n) is 8.58. The zero-order valence-electron chi connectivity index (χ0n) is 20.1. The van der Waals surface area contributed by atoms with E-state index in [4.69, 9.17) is 9.47 Å². The van der Waals surface area contributed by atoms with Crippen LogP contribution in [0.3, 0.4) is 0 Å². The average molecular weight is 490 g/mol. The molecule has 0 spiro atoms. The number of para-hydroxylation sites is 1. The second-order valence-corrected chi connectivity index (χ2v) is 8.58. The quantitative estimate of drug-likeness (QED) is 0.463. The highest BCUT2D eigenvalue weighted by Gasteiger charge is 2.49. The first-order valence-corrected chi connectivity index (χ1v) is 11.8. The van der Waals surface area contributed by atoms with Gasteiger partial charge in [-0.25, -0.2) is 4.98 Å². The standard InChI is InChI=1S/C26H27N5O5/c1-35-20-9-8-18-22(23(20)36-2)26(34)31-19-7-4-3-6-17(19)25(33)30(24(18)31)14-10-21(32)28-11-5-13-29-15-12-27-16-29/h3-4,6-9,12,15-16,24H,5,10-11,13-14H2,1-2H3,(H,28,32)/t24-/m1/s1. The number of ether oxygens (including phenoxy) is 2. The average Bonchev–Trinajstić information content (AvgIpc) is 3.52. The van der Waals surface area contributed by atoms with Gasteiger partial charge in [-0.05, 0) is 24.6 Å². The lowest BCUT2D eigenvalue weighted by molar-refractivity contribution is -0.121. The van der Waals surface area contributed by atoms with E-state index < -0.39 is 6.17 Å². The van der Waals surface area contributed by atoms with Crippen molar-refractivity contribution in [1.29, 1.82) is 0 Å². The Balaban J connectivity index is 1.38. The van der Waals surface area contributed by atoms with Gasteiger partial charge in [0.05, 0.1) is 37.4 Å². The molecular formula is C26H27N5O5.